The van der Waals surface area contributed by atoms with Crippen molar-refractivity contribution in [1.82, 2.24) is 14.8 Å². The molecule has 1 amide bonds. The maximum Gasteiger partial charge on any atom is 0.253 e. The van der Waals surface area contributed by atoms with E-state index >= 15 is 0 Å². The minimum atomic E-state index is 0.0489. The highest BCUT2D eigenvalue weighted by molar-refractivity contribution is 6.30. The van der Waals surface area contributed by atoms with Crippen LogP contribution in [0.15, 0.2) is 60.7 Å². The molecule has 2 aromatic carbocycles. The third-order valence-corrected chi connectivity index (χ3v) is 8.56. The number of rotatable bonds is 9. The summed E-state index contributed by atoms with van der Waals surface area (Å²) in [4.78, 5) is 18.2. The van der Waals surface area contributed by atoms with Gasteiger partial charge in [0.2, 0.25) is 0 Å². The quantitative estimate of drug-likeness (QED) is 0.314. The smallest absolute Gasteiger partial charge is 0.253 e. The second-order valence-corrected chi connectivity index (χ2v) is 11.4. The van der Waals surface area contributed by atoms with E-state index in [4.69, 9.17) is 11.6 Å². The van der Waals surface area contributed by atoms with Crippen molar-refractivity contribution in [3.8, 4) is 11.3 Å². The maximum absolute atomic E-state index is 13.3. The lowest BCUT2D eigenvalue weighted by molar-refractivity contribution is 0.0950. The fourth-order valence-electron chi connectivity index (χ4n) is 6.09. The van der Waals surface area contributed by atoms with Crippen molar-refractivity contribution in [2.45, 2.75) is 52.0 Å². The van der Waals surface area contributed by atoms with E-state index in [1.54, 1.807) is 0 Å². The largest absolute Gasteiger partial charge is 0.369 e. The molecule has 1 saturated carbocycles. The third-order valence-electron chi connectivity index (χ3n) is 8.33. The molecule has 6 heteroatoms. The second-order valence-electron chi connectivity index (χ2n) is 10.9. The number of nitrogens with one attached hydrogen (secondary N) is 1. The SMILES string of the molecule is Cc1c(C(=O)NCCCN2CCN(c3cccc(Cl)c3)CC2)cc(-c2ccccc2)n1CC1CCCCC1. The van der Waals surface area contributed by atoms with E-state index < -0.39 is 0 Å². The lowest BCUT2D eigenvalue weighted by Crippen LogP contribution is -2.47. The summed E-state index contributed by atoms with van der Waals surface area (Å²) in [6, 6.07) is 20.7. The van der Waals surface area contributed by atoms with E-state index in [2.05, 4.69) is 69.1 Å². The van der Waals surface area contributed by atoms with E-state index in [1.165, 1.54) is 43.4 Å². The number of halogens is 1. The zero-order chi connectivity index (χ0) is 26.3. The number of carbonyl (C=O) groups excluding carboxylic acids is 1. The Kier molecular flexibility index (Phi) is 9.08. The first-order valence-electron chi connectivity index (χ1n) is 14.3. The first-order chi connectivity index (χ1) is 18.6. The molecule has 2 fully saturated rings. The summed E-state index contributed by atoms with van der Waals surface area (Å²) in [7, 11) is 0. The van der Waals surface area contributed by atoms with Gasteiger partial charge in [-0.3, -0.25) is 9.69 Å². The van der Waals surface area contributed by atoms with Gasteiger partial charge in [0.25, 0.3) is 5.91 Å². The lowest BCUT2D eigenvalue weighted by Gasteiger charge is -2.36. The standard InChI is InChI=1S/C32H41ClN4O/c1-25-30(23-31(27-12-6-3-7-13-27)37(25)24-26-10-4-2-5-11-26)32(38)34-16-9-17-35-18-20-36(21-19-35)29-15-8-14-28(33)22-29/h3,6-8,12-15,22-23,26H,2,4-5,9-11,16-21,24H2,1H3,(H,34,38). The average molecular weight is 533 g/mol. The van der Waals surface area contributed by atoms with E-state index in [9.17, 15) is 4.79 Å². The number of hydrogen-bond acceptors (Lipinski definition) is 3. The molecular formula is C32H41ClN4O. The van der Waals surface area contributed by atoms with Gasteiger partial charge in [0.05, 0.1) is 5.56 Å². The van der Waals surface area contributed by atoms with Gasteiger partial charge in [0, 0.05) is 61.4 Å². The summed E-state index contributed by atoms with van der Waals surface area (Å²) >= 11 is 6.17. The van der Waals surface area contributed by atoms with E-state index in [-0.39, 0.29) is 5.91 Å². The van der Waals surface area contributed by atoms with Crippen molar-refractivity contribution in [2.24, 2.45) is 5.92 Å². The van der Waals surface area contributed by atoms with Crippen LogP contribution in [0.5, 0.6) is 0 Å². The van der Waals surface area contributed by atoms with Gasteiger partial charge in [-0.25, -0.2) is 0 Å². The predicted molar refractivity (Wildman–Crippen MR) is 158 cm³/mol. The predicted octanol–water partition coefficient (Wildman–Crippen LogP) is 6.64. The molecule has 1 aromatic heterocycles. The Bertz CT molecular complexity index is 1190. The van der Waals surface area contributed by atoms with Crippen LogP contribution in [-0.2, 0) is 6.54 Å². The summed E-state index contributed by atoms with van der Waals surface area (Å²) < 4.78 is 2.40. The maximum atomic E-state index is 13.3. The van der Waals surface area contributed by atoms with Gasteiger partial charge in [-0.2, -0.15) is 0 Å². The number of benzene rings is 2. The van der Waals surface area contributed by atoms with Crippen LogP contribution < -0.4 is 10.2 Å². The average Bonchev–Trinajstić information content (AvgIpc) is 3.28. The molecule has 0 unspecified atom stereocenters. The molecular weight excluding hydrogens is 492 g/mol. The number of nitrogens with zero attached hydrogens (tertiary/aromatic N) is 3. The third kappa shape index (κ3) is 6.62. The van der Waals surface area contributed by atoms with E-state index in [1.807, 2.05) is 18.2 Å². The molecule has 38 heavy (non-hydrogen) atoms. The highest BCUT2D eigenvalue weighted by Gasteiger charge is 2.22. The normalized spacial score (nSPS) is 17.1. The Morgan fingerprint density at radius 2 is 1.71 bits per heavy atom. The number of carbonyl (C=O) groups is 1. The van der Waals surface area contributed by atoms with Crippen LogP contribution in [0.25, 0.3) is 11.3 Å². The summed E-state index contributed by atoms with van der Waals surface area (Å²) in [5, 5.41) is 4.00. The number of piperazine rings is 1. The van der Waals surface area contributed by atoms with Gasteiger partial charge < -0.3 is 14.8 Å². The van der Waals surface area contributed by atoms with Gasteiger partial charge in [-0.15, -0.1) is 0 Å². The molecule has 0 radical (unpaired) electrons. The molecule has 1 N–H and O–H groups in total. The molecule has 0 spiro atoms. The van der Waals surface area contributed by atoms with Crippen molar-refractivity contribution in [2.75, 3.05) is 44.2 Å². The van der Waals surface area contributed by atoms with Crippen LogP contribution in [0.1, 0.15) is 54.6 Å². The fraction of sp³-hybridized carbons (Fsp3) is 0.469. The molecule has 2 heterocycles. The van der Waals surface area contributed by atoms with E-state index in [0.717, 1.165) is 67.7 Å². The van der Waals surface area contributed by atoms with Crippen molar-refractivity contribution < 1.29 is 4.79 Å². The van der Waals surface area contributed by atoms with Gasteiger partial charge in [-0.1, -0.05) is 67.3 Å². The number of amides is 1. The topological polar surface area (TPSA) is 40.5 Å². The summed E-state index contributed by atoms with van der Waals surface area (Å²) in [6.45, 7) is 8.88. The molecule has 202 valence electrons. The highest BCUT2D eigenvalue weighted by atomic mass is 35.5. The van der Waals surface area contributed by atoms with Crippen molar-refractivity contribution >= 4 is 23.2 Å². The zero-order valence-electron chi connectivity index (χ0n) is 22.7. The highest BCUT2D eigenvalue weighted by Crippen LogP contribution is 2.31. The Morgan fingerprint density at radius 3 is 2.45 bits per heavy atom. The molecule has 5 rings (SSSR count). The first-order valence-corrected chi connectivity index (χ1v) is 14.7. The fourth-order valence-corrected chi connectivity index (χ4v) is 6.27. The minimum Gasteiger partial charge on any atom is -0.369 e. The molecule has 0 atom stereocenters. The number of aromatic nitrogens is 1. The van der Waals surface area contributed by atoms with Gasteiger partial charge in [-0.05, 0) is 68.5 Å². The second kappa shape index (κ2) is 12.9. The lowest BCUT2D eigenvalue weighted by atomic mass is 9.89. The molecule has 1 saturated heterocycles. The summed E-state index contributed by atoms with van der Waals surface area (Å²) in [6.07, 6.45) is 7.55. The zero-order valence-corrected chi connectivity index (χ0v) is 23.4. The number of anilines is 1. The van der Waals surface area contributed by atoms with Gasteiger partial charge in [0.15, 0.2) is 0 Å². The Balaban J connectivity index is 1.15. The number of hydrogen-bond donors (Lipinski definition) is 1. The molecule has 3 aromatic rings. The summed E-state index contributed by atoms with van der Waals surface area (Å²) in [5.74, 6) is 0.750. The van der Waals surface area contributed by atoms with Crippen LogP contribution in [0.3, 0.4) is 0 Å². The van der Waals surface area contributed by atoms with Crippen LogP contribution >= 0.6 is 11.6 Å². The van der Waals surface area contributed by atoms with Gasteiger partial charge >= 0.3 is 0 Å². The van der Waals surface area contributed by atoms with Crippen LogP contribution in [0, 0.1) is 12.8 Å². The first kappa shape index (κ1) is 26.8. The monoisotopic (exact) mass is 532 g/mol. The van der Waals surface area contributed by atoms with E-state index in [0.29, 0.717) is 12.5 Å². The van der Waals surface area contributed by atoms with Crippen LogP contribution in [0.2, 0.25) is 5.02 Å². The molecule has 1 aliphatic heterocycles. The van der Waals surface area contributed by atoms with Crippen molar-refractivity contribution in [1.29, 1.82) is 0 Å². The molecule has 5 nitrogen and oxygen atoms in total. The van der Waals surface area contributed by atoms with Crippen molar-refractivity contribution in [3.05, 3.63) is 76.9 Å². The Morgan fingerprint density at radius 1 is 0.947 bits per heavy atom. The minimum absolute atomic E-state index is 0.0489. The summed E-state index contributed by atoms with van der Waals surface area (Å²) in [5.41, 5.74) is 5.45. The van der Waals surface area contributed by atoms with Gasteiger partial charge in [0.1, 0.15) is 0 Å². The molecule has 0 bridgehead atoms. The Hall–Kier alpha value is -2.76. The molecule has 2 aliphatic rings. The van der Waals surface area contributed by atoms with Crippen LogP contribution in [-0.4, -0.2) is 54.6 Å². The molecule has 1 aliphatic carbocycles. The van der Waals surface area contributed by atoms with Crippen LogP contribution in [0.4, 0.5) is 5.69 Å². The van der Waals surface area contributed by atoms with Crippen molar-refractivity contribution in [3.63, 3.8) is 0 Å². The Labute approximate surface area is 232 Å².